The molecule has 0 saturated carbocycles. The van der Waals surface area contributed by atoms with Crippen LogP contribution < -0.4 is 21.5 Å². The van der Waals surface area contributed by atoms with E-state index in [2.05, 4.69) is 10.7 Å². The van der Waals surface area contributed by atoms with Crippen LogP contribution in [0.5, 0.6) is 0 Å². The second-order valence-electron chi connectivity index (χ2n) is 7.14. The maximum atomic E-state index is 14.8. The van der Waals surface area contributed by atoms with E-state index in [1.807, 2.05) is 4.90 Å². The zero-order valence-electron chi connectivity index (χ0n) is 17.3. The van der Waals surface area contributed by atoms with Crippen molar-refractivity contribution in [3.8, 4) is 5.69 Å². The van der Waals surface area contributed by atoms with Crippen molar-refractivity contribution in [2.75, 3.05) is 11.4 Å². The second-order valence-corrected chi connectivity index (χ2v) is 7.57. The predicted octanol–water partition coefficient (Wildman–Crippen LogP) is 2.15. The van der Waals surface area contributed by atoms with Crippen molar-refractivity contribution in [1.29, 1.82) is 0 Å². The number of carbonyl (C=O) groups is 2. The molecule has 3 heterocycles. The molecule has 33 heavy (non-hydrogen) atoms. The van der Waals surface area contributed by atoms with Gasteiger partial charge in [0.15, 0.2) is 0 Å². The van der Waals surface area contributed by atoms with E-state index in [1.54, 1.807) is 47.9 Å². The Kier molecular flexibility index (Phi) is 7.75. The van der Waals surface area contributed by atoms with E-state index < -0.39 is 18.0 Å². The van der Waals surface area contributed by atoms with Crippen molar-refractivity contribution < 1.29 is 19.1 Å². The number of hydrogen-bond acceptors (Lipinski definition) is 6. The Labute approximate surface area is 193 Å². The van der Waals surface area contributed by atoms with Crippen LogP contribution in [0.25, 0.3) is 5.69 Å². The zero-order valence-corrected chi connectivity index (χ0v) is 18.0. The minimum atomic E-state index is -0.829. The molecule has 4 N–H and O–H groups in total. The van der Waals surface area contributed by atoms with Gasteiger partial charge in [0, 0.05) is 25.0 Å². The molecule has 4 rings (SSSR count). The first kappa shape index (κ1) is 23.9. The number of aromatic nitrogens is 2. The Morgan fingerprint density at radius 1 is 1.27 bits per heavy atom. The number of nitrogens with one attached hydrogen (secondary N) is 1. The Morgan fingerprint density at radius 3 is 2.64 bits per heavy atom. The number of primary amides is 1. The highest BCUT2D eigenvalue weighted by atomic mass is 35.5. The fraction of sp³-hybridized carbons (Fsp3) is 0.182. The standard InChI is InChI=1S/C20H17ClFN3O2.C2H4N2O2/c21-14-5-7-19(23-11-14)25-12-15(26)10-18(25)13-4-6-17(16(22)9-13)24-8-2-1-3-20(24)27;3-2(6)4-1-5/h1-9,11,15,18,26H,10,12H2;1H,(H3,3,4,5,6)/t15-,18-;/m1./s1. The van der Waals surface area contributed by atoms with Crippen LogP contribution in [0.1, 0.15) is 18.0 Å². The summed E-state index contributed by atoms with van der Waals surface area (Å²) < 4.78 is 16.0. The topological polar surface area (TPSA) is 131 Å². The molecule has 2 atom stereocenters. The van der Waals surface area contributed by atoms with Gasteiger partial charge in [0.05, 0.1) is 22.9 Å². The van der Waals surface area contributed by atoms with Gasteiger partial charge in [0.1, 0.15) is 11.6 Å². The lowest BCUT2D eigenvalue weighted by atomic mass is 10.0. The summed E-state index contributed by atoms with van der Waals surface area (Å²) in [4.78, 5) is 36.9. The lowest BCUT2D eigenvalue weighted by Gasteiger charge is -2.26. The molecule has 3 aromatic rings. The molecule has 11 heteroatoms. The third-order valence-corrected chi connectivity index (χ3v) is 5.15. The number of anilines is 1. The van der Waals surface area contributed by atoms with Gasteiger partial charge in [-0.25, -0.2) is 14.2 Å². The molecule has 0 radical (unpaired) electrons. The van der Waals surface area contributed by atoms with Crippen LogP contribution in [-0.2, 0) is 4.79 Å². The number of imide groups is 1. The van der Waals surface area contributed by atoms with Gasteiger partial charge in [-0.05, 0) is 42.3 Å². The van der Waals surface area contributed by atoms with Crippen LogP contribution in [0.4, 0.5) is 15.0 Å². The summed E-state index contributed by atoms with van der Waals surface area (Å²) in [5, 5.41) is 12.3. The molecule has 0 spiro atoms. The van der Waals surface area contributed by atoms with Crippen molar-refractivity contribution in [2.45, 2.75) is 18.6 Å². The summed E-state index contributed by atoms with van der Waals surface area (Å²) in [5.41, 5.74) is 5.03. The Balaban J connectivity index is 0.000000454. The fourth-order valence-corrected chi connectivity index (χ4v) is 3.64. The molecule has 1 fully saturated rings. The second kappa shape index (κ2) is 10.7. The average molecular weight is 474 g/mol. The lowest BCUT2D eigenvalue weighted by Crippen LogP contribution is -2.27. The van der Waals surface area contributed by atoms with Gasteiger partial charge in [-0.15, -0.1) is 0 Å². The number of benzene rings is 1. The summed E-state index contributed by atoms with van der Waals surface area (Å²) >= 11 is 5.90. The quantitative estimate of drug-likeness (QED) is 0.498. The number of pyridine rings is 2. The van der Waals surface area contributed by atoms with E-state index in [1.165, 1.54) is 22.9 Å². The van der Waals surface area contributed by atoms with Crippen molar-refractivity contribution in [2.24, 2.45) is 5.73 Å². The van der Waals surface area contributed by atoms with Crippen molar-refractivity contribution in [1.82, 2.24) is 14.9 Å². The van der Waals surface area contributed by atoms with E-state index in [4.69, 9.17) is 11.6 Å². The first-order valence-electron chi connectivity index (χ1n) is 9.83. The first-order valence-corrected chi connectivity index (χ1v) is 10.2. The largest absolute Gasteiger partial charge is 0.391 e. The molecule has 1 aliphatic heterocycles. The van der Waals surface area contributed by atoms with Gasteiger partial charge in [0.25, 0.3) is 5.56 Å². The molecule has 2 aromatic heterocycles. The Morgan fingerprint density at radius 2 is 2.06 bits per heavy atom. The molecule has 1 aromatic carbocycles. The molecule has 1 aliphatic rings. The van der Waals surface area contributed by atoms with Crippen LogP contribution in [0.2, 0.25) is 5.02 Å². The highest BCUT2D eigenvalue weighted by Gasteiger charge is 2.33. The number of halogens is 2. The van der Waals surface area contributed by atoms with E-state index in [0.717, 1.165) is 0 Å². The highest BCUT2D eigenvalue weighted by molar-refractivity contribution is 6.30. The van der Waals surface area contributed by atoms with Crippen molar-refractivity contribution in [3.05, 3.63) is 87.7 Å². The minimum absolute atomic E-state index is 0.194. The summed E-state index contributed by atoms with van der Waals surface area (Å²) in [6, 6.07) is 11.9. The van der Waals surface area contributed by atoms with Crippen LogP contribution in [0, 0.1) is 5.82 Å². The number of amides is 3. The maximum absolute atomic E-state index is 14.8. The first-order chi connectivity index (χ1) is 15.8. The molecule has 1 saturated heterocycles. The Hall–Kier alpha value is -3.76. The van der Waals surface area contributed by atoms with E-state index in [9.17, 15) is 23.9 Å². The minimum Gasteiger partial charge on any atom is -0.391 e. The van der Waals surface area contributed by atoms with E-state index in [-0.39, 0.29) is 23.7 Å². The van der Waals surface area contributed by atoms with Crippen LogP contribution in [0.3, 0.4) is 0 Å². The number of aliphatic hydroxyl groups is 1. The van der Waals surface area contributed by atoms with Gasteiger partial charge in [-0.3, -0.25) is 19.5 Å². The Bertz CT molecular complexity index is 1190. The number of carbonyl (C=O) groups excluding carboxylic acids is 2. The normalized spacial score (nSPS) is 17.1. The van der Waals surface area contributed by atoms with Crippen LogP contribution in [-0.4, -0.2) is 39.7 Å². The number of β-amino-alcohol motifs (C(OH)–C–C–N with tert-alkyl or cyclic N) is 1. The molecule has 172 valence electrons. The number of nitrogens with zero attached hydrogens (tertiary/aromatic N) is 3. The average Bonchev–Trinajstić information content (AvgIpc) is 3.17. The summed E-state index contributed by atoms with van der Waals surface area (Å²) in [6.45, 7) is 0.404. The zero-order chi connectivity index (χ0) is 24.0. The molecule has 0 aliphatic carbocycles. The van der Waals surface area contributed by atoms with Gasteiger partial charge in [-0.2, -0.15) is 0 Å². The maximum Gasteiger partial charge on any atom is 0.318 e. The summed E-state index contributed by atoms with van der Waals surface area (Å²) in [6.07, 6.45) is 3.23. The van der Waals surface area contributed by atoms with E-state index >= 15 is 0 Å². The summed E-state index contributed by atoms with van der Waals surface area (Å²) in [5.74, 6) is 0.177. The van der Waals surface area contributed by atoms with E-state index in [0.29, 0.717) is 29.4 Å². The number of rotatable bonds is 4. The molecule has 9 nitrogen and oxygen atoms in total. The number of urea groups is 1. The smallest absolute Gasteiger partial charge is 0.318 e. The SMILES string of the molecule is NC(=O)NC=O.O=c1ccccn1-c1ccc([C@H]2C[C@@H](O)CN2c2ccc(Cl)cn2)cc1F. The third-order valence-electron chi connectivity index (χ3n) is 4.92. The van der Waals surface area contributed by atoms with Crippen molar-refractivity contribution >= 4 is 29.9 Å². The fourth-order valence-electron chi connectivity index (χ4n) is 3.53. The molecule has 0 bridgehead atoms. The van der Waals surface area contributed by atoms with Gasteiger partial charge >= 0.3 is 6.03 Å². The molecule has 0 unspecified atom stereocenters. The van der Waals surface area contributed by atoms with Crippen molar-refractivity contribution in [3.63, 3.8) is 0 Å². The predicted molar refractivity (Wildman–Crippen MR) is 121 cm³/mol. The monoisotopic (exact) mass is 473 g/mol. The summed E-state index contributed by atoms with van der Waals surface area (Å²) in [7, 11) is 0. The third kappa shape index (κ3) is 5.93. The highest BCUT2D eigenvalue weighted by Crippen LogP contribution is 2.36. The van der Waals surface area contributed by atoms with Crippen LogP contribution in [0.15, 0.2) is 65.7 Å². The van der Waals surface area contributed by atoms with Gasteiger partial charge < -0.3 is 15.7 Å². The molecule has 3 amide bonds. The number of aliphatic hydroxyl groups excluding tert-OH is 1. The number of hydrogen-bond donors (Lipinski definition) is 3. The molecular weight excluding hydrogens is 453 g/mol. The number of nitrogens with two attached hydrogens (primary N) is 1. The molecular formula is C22H21ClFN5O4. The lowest BCUT2D eigenvalue weighted by molar-refractivity contribution is -0.108. The van der Waals surface area contributed by atoms with Crippen LogP contribution >= 0.6 is 11.6 Å². The van der Waals surface area contributed by atoms with Gasteiger partial charge in [0.2, 0.25) is 6.41 Å². The van der Waals surface area contributed by atoms with Gasteiger partial charge in [-0.1, -0.05) is 23.7 Å².